The minimum Gasteiger partial charge on any atom is -0.318 e. The number of aromatic nitrogens is 2. The molecule has 1 N–H and O–H groups in total. The van der Waals surface area contributed by atoms with E-state index in [-0.39, 0.29) is 16.1 Å². The summed E-state index contributed by atoms with van der Waals surface area (Å²) in [4.78, 5) is 0.139. The summed E-state index contributed by atoms with van der Waals surface area (Å²) in [5.74, 6) is 0. The topological polar surface area (TPSA) is 67.2 Å². The lowest BCUT2D eigenvalue weighted by atomic mass is 10.2. The fourth-order valence-corrected chi connectivity index (χ4v) is 4.99. The van der Waals surface area contributed by atoms with Crippen LogP contribution in [0.4, 0.5) is 0 Å². The molecule has 0 aromatic carbocycles. The molecule has 1 aromatic heterocycles. The largest absolute Gasteiger partial charge is 0.318 e. The van der Waals surface area contributed by atoms with Crippen molar-refractivity contribution in [2.24, 2.45) is 7.05 Å². The quantitative estimate of drug-likeness (QED) is 0.891. The van der Waals surface area contributed by atoms with Crippen LogP contribution in [0, 0.1) is 6.92 Å². The van der Waals surface area contributed by atoms with Crippen LogP contribution in [0.3, 0.4) is 0 Å². The second-order valence-corrected chi connectivity index (χ2v) is 6.98. The van der Waals surface area contributed by atoms with Crippen LogP contribution in [0.2, 0.25) is 5.15 Å². The van der Waals surface area contributed by atoms with E-state index < -0.39 is 10.0 Å². The number of halogens is 1. The van der Waals surface area contributed by atoms with Gasteiger partial charge in [0.1, 0.15) is 10.0 Å². The van der Waals surface area contributed by atoms with Crippen molar-refractivity contribution in [2.75, 3.05) is 20.1 Å². The highest BCUT2D eigenvalue weighted by molar-refractivity contribution is 7.89. The molecule has 6 nitrogen and oxygen atoms in total. The van der Waals surface area contributed by atoms with Crippen LogP contribution < -0.4 is 5.32 Å². The molecule has 1 aliphatic heterocycles. The van der Waals surface area contributed by atoms with Gasteiger partial charge >= 0.3 is 0 Å². The normalized spacial score (nSPS) is 21.2. The number of aryl methyl sites for hydroxylation is 2. The Bertz CT molecular complexity index is 569. The van der Waals surface area contributed by atoms with Crippen LogP contribution in [0.1, 0.15) is 18.5 Å². The molecule has 8 heteroatoms. The highest BCUT2D eigenvalue weighted by Crippen LogP contribution is 2.31. The van der Waals surface area contributed by atoms with Gasteiger partial charge in [0.05, 0.1) is 5.69 Å². The van der Waals surface area contributed by atoms with E-state index in [2.05, 4.69) is 10.4 Å². The standard InChI is InChI=1S/C11H19ClN4O2S/c1-8-10(11(12)15(3)14-8)19(17,18)16-6-4-5-9(16)7-13-2/h9,13H,4-7H2,1-3H3. The summed E-state index contributed by atoms with van der Waals surface area (Å²) >= 11 is 6.08. The zero-order valence-electron chi connectivity index (χ0n) is 11.4. The first-order valence-electron chi connectivity index (χ1n) is 6.25. The van der Waals surface area contributed by atoms with E-state index in [9.17, 15) is 8.42 Å². The van der Waals surface area contributed by atoms with Crippen molar-refractivity contribution in [3.8, 4) is 0 Å². The second kappa shape index (κ2) is 5.40. The smallest absolute Gasteiger partial charge is 0.248 e. The van der Waals surface area contributed by atoms with Crippen molar-refractivity contribution in [2.45, 2.75) is 30.7 Å². The molecule has 1 atom stereocenters. The molecule has 0 amide bonds. The highest BCUT2D eigenvalue weighted by atomic mass is 35.5. The number of rotatable bonds is 4. The molecule has 1 aromatic rings. The Labute approximate surface area is 118 Å². The minimum absolute atomic E-state index is 0.00864. The third kappa shape index (κ3) is 2.52. The maximum absolute atomic E-state index is 12.7. The molecule has 1 aliphatic rings. The lowest BCUT2D eigenvalue weighted by Crippen LogP contribution is -2.41. The average Bonchev–Trinajstić information content (AvgIpc) is 2.86. The van der Waals surface area contributed by atoms with Gasteiger partial charge in [-0.15, -0.1) is 0 Å². The Morgan fingerprint density at radius 3 is 2.74 bits per heavy atom. The Morgan fingerprint density at radius 1 is 1.53 bits per heavy atom. The van der Waals surface area contributed by atoms with Crippen LogP contribution in [0.25, 0.3) is 0 Å². The molecular formula is C11H19ClN4O2S. The molecule has 0 spiro atoms. The third-order valence-corrected chi connectivity index (χ3v) is 6.08. The fraction of sp³-hybridized carbons (Fsp3) is 0.727. The summed E-state index contributed by atoms with van der Waals surface area (Å²) < 4.78 is 28.4. The fourth-order valence-electron chi connectivity index (χ4n) is 2.59. The predicted molar refractivity (Wildman–Crippen MR) is 73.8 cm³/mol. The van der Waals surface area contributed by atoms with E-state index in [0.29, 0.717) is 18.8 Å². The zero-order chi connectivity index (χ0) is 14.2. The molecule has 108 valence electrons. The van der Waals surface area contributed by atoms with Gasteiger partial charge in [0, 0.05) is 26.2 Å². The number of sulfonamides is 1. The highest BCUT2D eigenvalue weighted by Gasteiger charge is 2.38. The summed E-state index contributed by atoms with van der Waals surface area (Å²) in [7, 11) is -0.105. The van der Waals surface area contributed by atoms with E-state index >= 15 is 0 Å². The van der Waals surface area contributed by atoms with Gasteiger partial charge < -0.3 is 5.32 Å². The van der Waals surface area contributed by atoms with Crippen molar-refractivity contribution in [1.29, 1.82) is 0 Å². The first-order chi connectivity index (χ1) is 8.89. The molecule has 1 saturated heterocycles. The van der Waals surface area contributed by atoms with Crippen molar-refractivity contribution in [1.82, 2.24) is 19.4 Å². The van der Waals surface area contributed by atoms with Crippen molar-refractivity contribution >= 4 is 21.6 Å². The summed E-state index contributed by atoms with van der Waals surface area (Å²) in [5.41, 5.74) is 0.447. The maximum Gasteiger partial charge on any atom is 0.248 e. The van der Waals surface area contributed by atoms with Gasteiger partial charge in [0.15, 0.2) is 0 Å². The third-order valence-electron chi connectivity index (χ3n) is 3.43. The van der Waals surface area contributed by atoms with Gasteiger partial charge in [-0.25, -0.2) is 8.42 Å². The average molecular weight is 307 g/mol. The van der Waals surface area contributed by atoms with Gasteiger partial charge in [-0.2, -0.15) is 9.40 Å². The number of nitrogens with zero attached hydrogens (tertiary/aromatic N) is 3. The van der Waals surface area contributed by atoms with Crippen LogP contribution in [-0.4, -0.2) is 48.7 Å². The molecule has 2 rings (SSSR count). The molecule has 0 aliphatic carbocycles. The monoisotopic (exact) mass is 306 g/mol. The Hall–Kier alpha value is -0.630. The van der Waals surface area contributed by atoms with Gasteiger partial charge in [0.2, 0.25) is 10.0 Å². The molecule has 1 unspecified atom stereocenters. The first-order valence-corrected chi connectivity index (χ1v) is 8.07. The molecule has 19 heavy (non-hydrogen) atoms. The lowest BCUT2D eigenvalue weighted by Gasteiger charge is -2.23. The summed E-state index contributed by atoms with van der Waals surface area (Å²) in [6.45, 7) is 2.86. The maximum atomic E-state index is 12.7. The molecule has 2 heterocycles. The van der Waals surface area contributed by atoms with E-state index in [1.165, 1.54) is 4.68 Å². The van der Waals surface area contributed by atoms with E-state index in [1.54, 1.807) is 18.3 Å². The molecule has 1 fully saturated rings. The number of hydrogen-bond acceptors (Lipinski definition) is 4. The molecular weight excluding hydrogens is 288 g/mol. The molecule has 0 bridgehead atoms. The van der Waals surface area contributed by atoms with Crippen LogP contribution >= 0.6 is 11.6 Å². The van der Waals surface area contributed by atoms with Crippen LogP contribution in [0.15, 0.2) is 4.90 Å². The van der Waals surface area contributed by atoms with Crippen molar-refractivity contribution in [3.05, 3.63) is 10.8 Å². The Balaban J connectivity index is 2.42. The predicted octanol–water partition coefficient (Wildman–Crippen LogP) is 0.754. The van der Waals surface area contributed by atoms with Crippen LogP contribution in [-0.2, 0) is 17.1 Å². The number of hydrogen-bond donors (Lipinski definition) is 1. The first kappa shape index (κ1) is 14.8. The van der Waals surface area contributed by atoms with Gasteiger partial charge in [-0.3, -0.25) is 4.68 Å². The number of likely N-dealkylation sites (N-methyl/N-ethyl adjacent to an activating group) is 1. The minimum atomic E-state index is -3.57. The van der Waals surface area contributed by atoms with Crippen molar-refractivity contribution < 1.29 is 8.42 Å². The number of nitrogens with one attached hydrogen (secondary N) is 1. The molecule has 0 radical (unpaired) electrons. The molecule has 0 saturated carbocycles. The van der Waals surface area contributed by atoms with Crippen LogP contribution in [0.5, 0.6) is 0 Å². The van der Waals surface area contributed by atoms with E-state index in [1.807, 2.05) is 7.05 Å². The summed E-state index contributed by atoms with van der Waals surface area (Å²) in [6, 6.07) is -0.00864. The summed E-state index contributed by atoms with van der Waals surface area (Å²) in [5, 5.41) is 7.29. The van der Waals surface area contributed by atoms with Gasteiger partial charge in [0.25, 0.3) is 0 Å². The van der Waals surface area contributed by atoms with E-state index in [0.717, 1.165) is 12.8 Å². The van der Waals surface area contributed by atoms with Gasteiger partial charge in [-0.05, 0) is 26.8 Å². The second-order valence-electron chi connectivity index (χ2n) is 4.80. The Kier molecular flexibility index (Phi) is 4.20. The van der Waals surface area contributed by atoms with Crippen molar-refractivity contribution in [3.63, 3.8) is 0 Å². The SMILES string of the molecule is CNCC1CCCN1S(=O)(=O)c1c(C)nn(C)c1Cl. The zero-order valence-corrected chi connectivity index (χ0v) is 12.9. The van der Waals surface area contributed by atoms with Gasteiger partial charge in [-0.1, -0.05) is 11.6 Å². The Morgan fingerprint density at radius 2 is 2.21 bits per heavy atom. The summed E-state index contributed by atoms with van der Waals surface area (Å²) in [6.07, 6.45) is 1.75. The lowest BCUT2D eigenvalue weighted by molar-refractivity contribution is 0.379. The van der Waals surface area contributed by atoms with E-state index in [4.69, 9.17) is 11.6 Å².